The van der Waals surface area contributed by atoms with Crippen LogP contribution in [-0.4, -0.2) is 29.1 Å². The van der Waals surface area contributed by atoms with Crippen molar-refractivity contribution in [2.24, 2.45) is 0 Å². The van der Waals surface area contributed by atoms with Crippen molar-refractivity contribution in [1.82, 2.24) is 4.98 Å². The van der Waals surface area contributed by atoms with Crippen LogP contribution in [0, 0.1) is 5.82 Å². The minimum Gasteiger partial charge on any atom is -0.481 e. The largest absolute Gasteiger partial charge is 0.481 e. The number of hydrogen-bond acceptors (Lipinski definition) is 4. The van der Waals surface area contributed by atoms with Crippen molar-refractivity contribution in [3.63, 3.8) is 0 Å². The van der Waals surface area contributed by atoms with E-state index in [1.165, 1.54) is 22.9 Å². The molecule has 1 aliphatic rings. The number of benzene rings is 2. The summed E-state index contributed by atoms with van der Waals surface area (Å²) in [6.07, 6.45) is 5.02. The average Bonchev–Trinajstić information content (AvgIpc) is 2.81. The van der Waals surface area contributed by atoms with Crippen molar-refractivity contribution < 1.29 is 14.3 Å². The molecule has 0 unspecified atom stereocenters. The minimum absolute atomic E-state index is 0.0727. The summed E-state index contributed by atoms with van der Waals surface area (Å²) in [5, 5.41) is 12.1. The van der Waals surface area contributed by atoms with E-state index in [1.54, 1.807) is 6.07 Å². The van der Waals surface area contributed by atoms with Crippen LogP contribution >= 0.6 is 0 Å². The summed E-state index contributed by atoms with van der Waals surface area (Å²) in [6, 6.07) is 17.4. The number of halogens is 1. The van der Waals surface area contributed by atoms with Gasteiger partial charge in [-0.3, -0.25) is 9.78 Å². The first-order valence-electron chi connectivity index (χ1n) is 11.1. The topological polar surface area (TPSA) is 65.5 Å². The summed E-state index contributed by atoms with van der Waals surface area (Å²) in [6.45, 7) is 2.59. The highest BCUT2D eigenvalue weighted by Crippen LogP contribution is 2.30. The molecule has 2 N–H and O–H groups in total. The second-order valence-corrected chi connectivity index (χ2v) is 8.13. The number of aromatic nitrogens is 1. The minimum atomic E-state index is -0.922. The second kappa shape index (κ2) is 10.3. The molecule has 0 atom stereocenters. The van der Waals surface area contributed by atoms with Crippen LogP contribution in [0.15, 0.2) is 60.8 Å². The van der Waals surface area contributed by atoms with Crippen LogP contribution in [0.3, 0.4) is 0 Å². The number of aliphatic carboxylic acids is 1. The summed E-state index contributed by atoms with van der Waals surface area (Å²) in [7, 11) is 0. The first kappa shape index (κ1) is 21.8. The van der Waals surface area contributed by atoms with E-state index in [2.05, 4.69) is 39.5 Å². The van der Waals surface area contributed by atoms with E-state index in [1.807, 2.05) is 24.4 Å². The SMILES string of the molecule is O=C(O)CCc1ccc(NCc2cccc3c2CCCN3CCc2ccccn2)cc1F. The molecule has 166 valence electrons. The number of anilines is 2. The number of aryl methyl sites for hydroxylation is 1. The van der Waals surface area contributed by atoms with Crippen LogP contribution in [0.4, 0.5) is 15.8 Å². The molecule has 0 amide bonds. The monoisotopic (exact) mass is 433 g/mol. The van der Waals surface area contributed by atoms with Crippen molar-refractivity contribution in [1.29, 1.82) is 0 Å². The average molecular weight is 434 g/mol. The van der Waals surface area contributed by atoms with E-state index in [9.17, 15) is 9.18 Å². The van der Waals surface area contributed by atoms with Crippen molar-refractivity contribution in [2.75, 3.05) is 23.3 Å². The standard InChI is InChI=1S/C26H28FN3O2/c27-24-17-22(11-9-19(24)10-12-26(31)32)29-18-20-5-3-8-25-23(20)7-4-15-30(25)16-13-21-6-1-2-14-28-21/h1-3,5-6,8-9,11,14,17,29H,4,7,10,12-13,15-16,18H2,(H,31,32). The lowest BCUT2D eigenvalue weighted by atomic mass is 9.95. The third-order valence-corrected chi connectivity index (χ3v) is 5.95. The fraction of sp³-hybridized carbons (Fsp3) is 0.308. The Labute approximate surface area is 187 Å². The first-order chi connectivity index (χ1) is 15.6. The van der Waals surface area contributed by atoms with Gasteiger partial charge in [0.15, 0.2) is 0 Å². The normalized spacial score (nSPS) is 13.0. The Bertz CT molecular complexity index is 1070. The number of nitrogens with zero attached hydrogens (tertiary/aromatic N) is 2. The zero-order valence-corrected chi connectivity index (χ0v) is 18.1. The molecule has 0 radical (unpaired) electrons. The first-order valence-corrected chi connectivity index (χ1v) is 11.1. The van der Waals surface area contributed by atoms with Crippen LogP contribution < -0.4 is 10.2 Å². The van der Waals surface area contributed by atoms with Gasteiger partial charge in [-0.1, -0.05) is 24.3 Å². The van der Waals surface area contributed by atoms with Crippen LogP contribution in [0.25, 0.3) is 0 Å². The predicted molar refractivity (Wildman–Crippen MR) is 125 cm³/mol. The Morgan fingerprint density at radius 3 is 2.78 bits per heavy atom. The van der Waals surface area contributed by atoms with Gasteiger partial charge < -0.3 is 15.3 Å². The molecule has 0 bridgehead atoms. The van der Waals surface area contributed by atoms with Gasteiger partial charge in [0.2, 0.25) is 0 Å². The smallest absolute Gasteiger partial charge is 0.303 e. The van der Waals surface area contributed by atoms with Crippen LogP contribution in [0.5, 0.6) is 0 Å². The van der Waals surface area contributed by atoms with E-state index in [0.717, 1.165) is 38.0 Å². The van der Waals surface area contributed by atoms with E-state index >= 15 is 0 Å². The van der Waals surface area contributed by atoms with Gasteiger partial charge in [0.25, 0.3) is 0 Å². The van der Waals surface area contributed by atoms with Gasteiger partial charge in [-0.2, -0.15) is 0 Å². The van der Waals surface area contributed by atoms with E-state index < -0.39 is 5.97 Å². The zero-order chi connectivity index (χ0) is 22.3. The highest BCUT2D eigenvalue weighted by Gasteiger charge is 2.19. The van der Waals surface area contributed by atoms with E-state index in [4.69, 9.17) is 5.11 Å². The molecule has 0 spiro atoms. The molecule has 5 nitrogen and oxygen atoms in total. The molecule has 2 heterocycles. The van der Waals surface area contributed by atoms with Gasteiger partial charge in [-0.25, -0.2) is 4.39 Å². The van der Waals surface area contributed by atoms with Crippen molar-refractivity contribution in [2.45, 2.75) is 38.6 Å². The van der Waals surface area contributed by atoms with E-state index in [0.29, 0.717) is 17.8 Å². The van der Waals surface area contributed by atoms with Gasteiger partial charge in [0.05, 0.1) is 0 Å². The molecule has 4 rings (SSSR count). The number of carbonyl (C=O) groups is 1. The Balaban J connectivity index is 1.42. The fourth-order valence-electron chi connectivity index (χ4n) is 4.27. The molecule has 3 aromatic rings. The Hall–Kier alpha value is -3.41. The molecule has 32 heavy (non-hydrogen) atoms. The van der Waals surface area contributed by atoms with Gasteiger partial charge in [-0.05, 0) is 66.3 Å². The summed E-state index contributed by atoms with van der Waals surface area (Å²) in [5.41, 5.74) is 6.08. The zero-order valence-electron chi connectivity index (χ0n) is 18.1. The molecule has 1 aromatic heterocycles. The highest BCUT2D eigenvalue weighted by molar-refractivity contribution is 5.67. The molecule has 2 aromatic carbocycles. The van der Waals surface area contributed by atoms with Gasteiger partial charge in [0, 0.05) is 55.7 Å². The number of hydrogen-bond donors (Lipinski definition) is 2. The van der Waals surface area contributed by atoms with Gasteiger partial charge in [-0.15, -0.1) is 0 Å². The molecule has 0 saturated heterocycles. The molecule has 1 aliphatic heterocycles. The Kier molecular flexibility index (Phi) is 7.00. The molecular formula is C26H28FN3O2. The molecule has 0 saturated carbocycles. The Morgan fingerprint density at radius 1 is 1.09 bits per heavy atom. The highest BCUT2D eigenvalue weighted by atomic mass is 19.1. The quantitative estimate of drug-likeness (QED) is 0.505. The Morgan fingerprint density at radius 2 is 2.00 bits per heavy atom. The number of carboxylic acid groups (broad SMARTS) is 1. The number of rotatable bonds is 9. The van der Waals surface area contributed by atoms with Crippen LogP contribution in [0.1, 0.15) is 35.2 Å². The van der Waals surface area contributed by atoms with Crippen molar-refractivity contribution in [3.05, 3.63) is 89.0 Å². The maximum Gasteiger partial charge on any atom is 0.303 e. The number of pyridine rings is 1. The van der Waals surface area contributed by atoms with Crippen LogP contribution in [-0.2, 0) is 30.6 Å². The third kappa shape index (κ3) is 5.44. The summed E-state index contributed by atoms with van der Waals surface area (Å²) >= 11 is 0. The molecular weight excluding hydrogens is 405 g/mol. The molecule has 0 aliphatic carbocycles. The second-order valence-electron chi connectivity index (χ2n) is 8.13. The number of carboxylic acids is 1. The molecule has 0 fully saturated rings. The van der Waals surface area contributed by atoms with Gasteiger partial charge >= 0.3 is 5.97 Å². The summed E-state index contributed by atoms with van der Waals surface area (Å²) in [5.74, 6) is -1.29. The number of nitrogens with one attached hydrogen (secondary N) is 1. The summed E-state index contributed by atoms with van der Waals surface area (Å²) < 4.78 is 14.3. The lowest BCUT2D eigenvalue weighted by molar-refractivity contribution is -0.136. The predicted octanol–water partition coefficient (Wildman–Crippen LogP) is 4.85. The molecule has 6 heteroatoms. The maximum atomic E-state index is 14.3. The third-order valence-electron chi connectivity index (χ3n) is 5.95. The number of fused-ring (bicyclic) bond motifs is 1. The lowest BCUT2D eigenvalue weighted by Crippen LogP contribution is -2.32. The van der Waals surface area contributed by atoms with E-state index in [-0.39, 0.29) is 18.7 Å². The summed E-state index contributed by atoms with van der Waals surface area (Å²) in [4.78, 5) is 17.6. The van der Waals surface area contributed by atoms with Gasteiger partial charge in [0.1, 0.15) is 5.82 Å². The van der Waals surface area contributed by atoms with Crippen molar-refractivity contribution in [3.8, 4) is 0 Å². The van der Waals surface area contributed by atoms with Crippen molar-refractivity contribution >= 4 is 17.3 Å². The maximum absolute atomic E-state index is 14.3. The fourth-order valence-corrected chi connectivity index (χ4v) is 4.27. The lowest BCUT2D eigenvalue weighted by Gasteiger charge is -2.32. The van der Waals surface area contributed by atoms with Crippen LogP contribution in [0.2, 0.25) is 0 Å².